The Bertz CT molecular complexity index is 1030. The van der Waals surface area contributed by atoms with Crippen molar-refractivity contribution in [1.29, 1.82) is 0 Å². The second kappa shape index (κ2) is 7.92. The van der Waals surface area contributed by atoms with Gasteiger partial charge in [-0.25, -0.2) is 8.42 Å². The van der Waals surface area contributed by atoms with Crippen LogP contribution in [-0.2, 0) is 15.6 Å². The van der Waals surface area contributed by atoms with Crippen molar-refractivity contribution in [2.24, 2.45) is 0 Å². The summed E-state index contributed by atoms with van der Waals surface area (Å²) in [5.41, 5.74) is -0.109. The number of sulfonamides is 1. The molecule has 1 fully saturated rings. The fraction of sp³-hybridized carbons (Fsp3) is 0.217. The van der Waals surface area contributed by atoms with E-state index in [0.717, 1.165) is 0 Å². The summed E-state index contributed by atoms with van der Waals surface area (Å²) in [4.78, 5) is 0.178. The van der Waals surface area contributed by atoms with Gasteiger partial charge in [0.15, 0.2) is 0 Å². The van der Waals surface area contributed by atoms with Crippen molar-refractivity contribution in [2.45, 2.75) is 29.4 Å². The zero-order chi connectivity index (χ0) is 20.5. The molecule has 0 spiro atoms. The molecule has 1 aliphatic heterocycles. The third-order valence-electron chi connectivity index (χ3n) is 5.53. The van der Waals surface area contributed by atoms with Crippen LogP contribution in [-0.4, -0.2) is 30.4 Å². The number of halogens is 1. The van der Waals surface area contributed by atoms with Gasteiger partial charge in [0.05, 0.1) is 10.9 Å². The quantitative estimate of drug-likeness (QED) is 0.655. The molecule has 3 aromatic carbocycles. The highest BCUT2D eigenvalue weighted by Gasteiger charge is 2.49. The van der Waals surface area contributed by atoms with Gasteiger partial charge in [-0.2, -0.15) is 4.31 Å². The van der Waals surface area contributed by atoms with Crippen LogP contribution in [0.5, 0.6) is 0 Å². The molecule has 1 N–H and O–H groups in total. The lowest BCUT2D eigenvalue weighted by Crippen LogP contribution is -2.50. The van der Waals surface area contributed by atoms with Crippen LogP contribution in [0.3, 0.4) is 0 Å². The average Bonchev–Trinajstić information content (AvgIpc) is 3.26. The summed E-state index contributed by atoms with van der Waals surface area (Å²) in [6.07, 6.45) is 1.24. The van der Waals surface area contributed by atoms with Crippen LogP contribution < -0.4 is 0 Å². The second-order valence-electron chi connectivity index (χ2n) is 7.23. The summed E-state index contributed by atoms with van der Waals surface area (Å²) in [5.74, 6) is 0. The smallest absolute Gasteiger partial charge is 0.243 e. The number of nitrogens with zero attached hydrogens (tertiary/aromatic N) is 1. The molecule has 0 unspecified atom stereocenters. The zero-order valence-corrected chi connectivity index (χ0v) is 17.4. The van der Waals surface area contributed by atoms with Crippen LogP contribution in [0.15, 0.2) is 89.8 Å². The minimum Gasteiger partial charge on any atom is -0.379 e. The summed E-state index contributed by atoms with van der Waals surface area (Å²) in [6, 6.07) is 24.1. The molecule has 0 aromatic heterocycles. The maximum atomic E-state index is 13.4. The molecular formula is C23H22ClNO3S. The molecular weight excluding hydrogens is 406 g/mol. The Morgan fingerprint density at radius 2 is 1.38 bits per heavy atom. The molecule has 4 rings (SSSR count). The zero-order valence-electron chi connectivity index (χ0n) is 15.8. The molecule has 1 heterocycles. The first-order valence-electron chi connectivity index (χ1n) is 9.55. The van der Waals surface area contributed by atoms with E-state index in [0.29, 0.717) is 35.5 Å². The van der Waals surface area contributed by atoms with E-state index in [1.165, 1.54) is 16.4 Å². The summed E-state index contributed by atoms with van der Waals surface area (Å²) >= 11 is 5.93. The minimum absolute atomic E-state index is 0.178. The lowest BCUT2D eigenvalue weighted by atomic mass is 9.79. The summed E-state index contributed by atoms with van der Waals surface area (Å²) in [5, 5.41) is 12.5. The van der Waals surface area contributed by atoms with Gasteiger partial charge in [-0.3, -0.25) is 0 Å². The Balaban J connectivity index is 1.83. The molecule has 6 heteroatoms. The molecule has 1 aliphatic rings. The Morgan fingerprint density at radius 3 is 1.90 bits per heavy atom. The van der Waals surface area contributed by atoms with E-state index in [1.54, 1.807) is 12.1 Å². The highest BCUT2D eigenvalue weighted by atomic mass is 35.5. The van der Waals surface area contributed by atoms with E-state index >= 15 is 0 Å². The third kappa shape index (κ3) is 3.60. The molecule has 4 nitrogen and oxygen atoms in total. The van der Waals surface area contributed by atoms with Gasteiger partial charge in [-0.15, -0.1) is 0 Å². The summed E-state index contributed by atoms with van der Waals surface area (Å²) in [6.45, 7) is 0.359. The fourth-order valence-electron chi connectivity index (χ4n) is 4.12. The molecule has 0 amide bonds. The number of hydrogen-bond acceptors (Lipinski definition) is 3. The standard InChI is InChI=1S/C23H22ClNO3S/c24-20-13-15-21(16-14-20)29(27,28)25-17-7-12-22(25)23(26,18-8-3-1-4-9-18)19-10-5-2-6-11-19/h1-6,8-11,13-16,22,26H,7,12,17H2/t22-/m0/s1. The van der Waals surface area contributed by atoms with Crippen molar-refractivity contribution in [3.05, 3.63) is 101 Å². The minimum atomic E-state index is -3.79. The topological polar surface area (TPSA) is 57.6 Å². The average molecular weight is 428 g/mol. The van der Waals surface area contributed by atoms with E-state index in [1.807, 2.05) is 60.7 Å². The molecule has 150 valence electrons. The Hall–Kier alpha value is -2.18. The van der Waals surface area contributed by atoms with Crippen LogP contribution in [0.2, 0.25) is 5.02 Å². The van der Waals surface area contributed by atoms with Crippen LogP contribution in [0.1, 0.15) is 24.0 Å². The van der Waals surface area contributed by atoms with Gasteiger partial charge in [0.1, 0.15) is 5.60 Å². The first kappa shape index (κ1) is 20.1. The molecule has 0 aliphatic carbocycles. The molecule has 1 atom stereocenters. The normalized spacial score (nSPS) is 18.1. The Kier molecular flexibility index (Phi) is 5.49. The molecule has 29 heavy (non-hydrogen) atoms. The number of hydrogen-bond donors (Lipinski definition) is 1. The van der Waals surface area contributed by atoms with Crippen LogP contribution >= 0.6 is 11.6 Å². The third-order valence-corrected chi connectivity index (χ3v) is 7.71. The predicted octanol–water partition coefficient (Wildman–Crippen LogP) is 4.43. The lowest BCUT2D eigenvalue weighted by Gasteiger charge is -2.39. The van der Waals surface area contributed by atoms with Gasteiger partial charge in [-0.1, -0.05) is 72.3 Å². The molecule has 3 aromatic rings. The molecule has 0 radical (unpaired) electrons. The van der Waals surface area contributed by atoms with Crippen LogP contribution in [0.4, 0.5) is 0 Å². The first-order valence-corrected chi connectivity index (χ1v) is 11.4. The molecule has 0 saturated carbocycles. The summed E-state index contributed by atoms with van der Waals surface area (Å²) in [7, 11) is -3.79. The highest BCUT2D eigenvalue weighted by molar-refractivity contribution is 7.89. The van der Waals surface area contributed by atoms with Crippen molar-refractivity contribution < 1.29 is 13.5 Å². The van der Waals surface area contributed by atoms with Gasteiger partial charge in [-0.05, 0) is 48.2 Å². The Labute approximate surface area is 176 Å². The van der Waals surface area contributed by atoms with Crippen LogP contribution in [0.25, 0.3) is 0 Å². The Morgan fingerprint density at radius 1 is 0.862 bits per heavy atom. The SMILES string of the molecule is O=S(=O)(c1ccc(Cl)cc1)N1CCC[C@H]1C(O)(c1ccccc1)c1ccccc1. The monoisotopic (exact) mass is 427 g/mol. The van der Waals surface area contributed by atoms with Crippen molar-refractivity contribution in [1.82, 2.24) is 4.31 Å². The fourth-order valence-corrected chi connectivity index (χ4v) is 5.96. The maximum absolute atomic E-state index is 13.4. The first-order chi connectivity index (χ1) is 13.9. The van der Waals surface area contributed by atoms with E-state index < -0.39 is 21.7 Å². The van der Waals surface area contributed by atoms with Gasteiger partial charge in [0, 0.05) is 11.6 Å². The van der Waals surface area contributed by atoms with Crippen molar-refractivity contribution in [3.8, 4) is 0 Å². The number of benzene rings is 3. The van der Waals surface area contributed by atoms with Crippen molar-refractivity contribution in [2.75, 3.05) is 6.54 Å². The van der Waals surface area contributed by atoms with E-state index in [9.17, 15) is 13.5 Å². The van der Waals surface area contributed by atoms with E-state index in [4.69, 9.17) is 11.6 Å². The lowest BCUT2D eigenvalue weighted by molar-refractivity contribution is 0.0204. The maximum Gasteiger partial charge on any atom is 0.243 e. The van der Waals surface area contributed by atoms with Crippen LogP contribution in [0, 0.1) is 0 Å². The second-order valence-corrected chi connectivity index (χ2v) is 9.55. The van der Waals surface area contributed by atoms with Gasteiger partial charge in [0.2, 0.25) is 10.0 Å². The predicted molar refractivity (Wildman–Crippen MR) is 114 cm³/mol. The van der Waals surface area contributed by atoms with Crippen molar-refractivity contribution in [3.63, 3.8) is 0 Å². The van der Waals surface area contributed by atoms with E-state index in [-0.39, 0.29) is 4.90 Å². The van der Waals surface area contributed by atoms with E-state index in [2.05, 4.69) is 0 Å². The molecule has 1 saturated heterocycles. The van der Waals surface area contributed by atoms with Gasteiger partial charge >= 0.3 is 0 Å². The number of aliphatic hydroxyl groups is 1. The van der Waals surface area contributed by atoms with Gasteiger partial charge in [0.25, 0.3) is 0 Å². The summed E-state index contributed by atoms with van der Waals surface area (Å²) < 4.78 is 28.3. The highest BCUT2D eigenvalue weighted by Crippen LogP contribution is 2.42. The largest absolute Gasteiger partial charge is 0.379 e. The van der Waals surface area contributed by atoms with Gasteiger partial charge < -0.3 is 5.11 Å². The number of rotatable bonds is 5. The molecule has 0 bridgehead atoms. The van der Waals surface area contributed by atoms with Crippen molar-refractivity contribution >= 4 is 21.6 Å².